The van der Waals surface area contributed by atoms with Crippen molar-refractivity contribution in [2.45, 2.75) is 38.3 Å². The van der Waals surface area contributed by atoms with Crippen LogP contribution < -0.4 is 15.1 Å². The lowest BCUT2D eigenvalue weighted by molar-refractivity contribution is -0.124. The molecule has 0 spiro atoms. The number of anilines is 4. The quantitative estimate of drug-likeness (QED) is 0.777. The summed E-state index contributed by atoms with van der Waals surface area (Å²) in [6.45, 7) is 4.59. The van der Waals surface area contributed by atoms with Gasteiger partial charge in [-0.2, -0.15) is 0 Å². The van der Waals surface area contributed by atoms with Crippen molar-refractivity contribution in [3.8, 4) is 0 Å². The summed E-state index contributed by atoms with van der Waals surface area (Å²) in [5.41, 5.74) is 4.06. The molecular weight excluding hydrogens is 404 g/mol. The molecule has 32 heavy (non-hydrogen) atoms. The largest absolute Gasteiger partial charge is 0.378 e. The number of amides is 1. The van der Waals surface area contributed by atoms with Gasteiger partial charge in [0.15, 0.2) is 0 Å². The molecule has 1 aromatic heterocycles. The normalized spacial score (nSPS) is 27.1. The Morgan fingerprint density at radius 3 is 2.91 bits per heavy atom. The zero-order chi connectivity index (χ0) is 21.5. The van der Waals surface area contributed by atoms with E-state index in [2.05, 4.69) is 39.5 Å². The van der Waals surface area contributed by atoms with Gasteiger partial charge in [-0.1, -0.05) is 6.07 Å². The van der Waals surface area contributed by atoms with E-state index < -0.39 is 0 Å². The first-order valence-electron chi connectivity index (χ1n) is 11.9. The molecule has 0 unspecified atom stereocenters. The average Bonchev–Trinajstić information content (AvgIpc) is 3.25. The number of ether oxygens (including phenoxy) is 2. The van der Waals surface area contributed by atoms with Gasteiger partial charge in [-0.3, -0.25) is 4.79 Å². The van der Waals surface area contributed by atoms with Crippen LogP contribution in [0, 0.1) is 11.8 Å². The second-order valence-corrected chi connectivity index (χ2v) is 9.33. The Hall–Kier alpha value is -2.64. The van der Waals surface area contributed by atoms with Crippen LogP contribution in [0.5, 0.6) is 0 Å². The van der Waals surface area contributed by atoms with Crippen molar-refractivity contribution >= 4 is 28.8 Å². The Bertz CT molecular complexity index is 1010. The van der Waals surface area contributed by atoms with Crippen LogP contribution in [0.15, 0.2) is 36.5 Å². The highest BCUT2D eigenvalue weighted by molar-refractivity contribution is 6.00. The van der Waals surface area contributed by atoms with Crippen molar-refractivity contribution in [2.75, 3.05) is 48.0 Å². The summed E-state index contributed by atoms with van der Waals surface area (Å²) in [6, 6.07) is 10.4. The summed E-state index contributed by atoms with van der Waals surface area (Å²) in [6.07, 6.45) is 6.07. The van der Waals surface area contributed by atoms with Crippen molar-refractivity contribution in [3.63, 3.8) is 0 Å². The van der Waals surface area contributed by atoms with Crippen LogP contribution in [0.1, 0.15) is 31.2 Å². The van der Waals surface area contributed by atoms with Crippen molar-refractivity contribution in [1.29, 1.82) is 0 Å². The van der Waals surface area contributed by atoms with Crippen molar-refractivity contribution in [2.24, 2.45) is 11.8 Å². The van der Waals surface area contributed by atoms with Gasteiger partial charge in [-0.15, -0.1) is 0 Å². The smallest absolute Gasteiger partial charge is 0.230 e. The maximum absolute atomic E-state index is 14.0. The number of nitrogens with one attached hydrogen (secondary N) is 1. The molecule has 2 saturated heterocycles. The Labute approximate surface area is 188 Å². The third-order valence-electron chi connectivity index (χ3n) is 7.47. The molecule has 1 aliphatic carbocycles. The Balaban J connectivity index is 1.35. The molecule has 4 heterocycles. The summed E-state index contributed by atoms with van der Waals surface area (Å²) in [4.78, 5) is 22.8. The van der Waals surface area contributed by atoms with E-state index in [-0.39, 0.29) is 11.8 Å². The maximum Gasteiger partial charge on any atom is 0.230 e. The van der Waals surface area contributed by atoms with E-state index in [1.807, 2.05) is 11.0 Å². The fourth-order valence-electron chi connectivity index (χ4n) is 5.70. The SMILES string of the molecule is O=C([C@@H]1CC[C@H]2OCC[C@H]2C1)N1Cc2cccnc2Nc2ccc(N3CCOCC3)cc21. The summed E-state index contributed by atoms with van der Waals surface area (Å²) in [5, 5.41) is 3.49. The van der Waals surface area contributed by atoms with Gasteiger partial charge in [0.05, 0.1) is 37.2 Å². The minimum absolute atomic E-state index is 0.0519. The van der Waals surface area contributed by atoms with Gasteiger partial charge >= 0.3 is 0 Å². The molecule has 1 saturated carbocycles. The van der Waals surface area contributed by atoms with Gasteiger partial charge < -0.3 is 24.6 Å². The van der Waals surface area contributed by atoms with Crippen LogP contribution >= 0.6 is 0 Å². The monoisotopic (exact) mass is 434 g/mol. The number of benzene rings is 1. The van der Waals surface area contributed by atoms with Gasteiger partial charge in [0.25, 0.3) is 0 Å². The van der Waals surface area contributed by atoms with E-state index >= 15 is 0 Å². The Kier molecular flexibility index (Phi) is 5.23. The van der Waals surface area contributed by atoms with Gasteiger partial charge in [0, 0.05) is 43.1 Å². The van der Waals surface area contributed by atoms with Gasteiger partial charge in [0.2, 0.25) is 5.91 Å². The minimum atomic E-state index is 0.0519. The summed E-state index contributed by atoms with van der Waals surface area (Å²) in [5.74, 6) is 1.64. The molecule has 3 fully saturated rings. The molecule has 6 rings (SSSR count). The maximum atomic E-state index is 14.0. The van der Waals surface area contributed by atoms with Gasteiger partial charge in [-0.25, -0.2) is 4.98 Å². The molecule has 1 N–H and O–H groups in total. The first-order valence-corrected chi connectivity index (χ1v) is 11.9. The third-order valence-corrected chi connectivity index (χ3v) is 7.47. The van der Waals surface area contributed by atoms with Crippen molar-refractivity contribution in [3.05, 3.63) is 42.1 Å². The molecule has 0 radical (unpaired) electrons. The number of hydrogen-bond acceptors (Lipinski definition) is 6. The van der Waals surface area contributed by atoms with E-state index in [4.69, 9.17) is 9.47 Å². The lowest BCUT2D eigenvalue weighted by Crippen LogP contribution is -2.40. The second kappa shape index (κ2) is 8.37. The van der Waals surface area contributed by atoms with E-state index in [0.717, 1.165) is 87.0 Å². The molecule has 3 aliphatic heterocycles. The van der Waals surface area contributed by atoms with E-state index in [9.17, 15) is 4.79 Å². The van der Waals surface area contributed by atoms with Crippen LogP contribution in [0.25, 0.3) is 0 Å². The zero-order valence-corrected chi connectivity index (χ0v) is 18.3. The molecule has 4 aliphatic rings. The predicted molar refractivity (Wildman–Crippen MR) is 123 cm³/mol. The number of pyridine rings is 1. The molecule has 168 valence electrons. The molecule has 7 heteroatoms. The number of carbonyl (C=O) groups excluding carboxylic acids is 1. The highest BCUT2D eigenvalue weighted by atomic mass is 16.5. The number of carbonyl (C=O) groups is 1. The lowest BCUT2D eigenvalue weighted by Gasteiger charge is -2.34. The highest BCUT2D eigenvalue weighted by Gasteiger charge is 2.39. The topological polar surface area (TPSA) is 66.9 Å². The van der Waals surface area contributed by atoms with Crippen molar-refractivity contribution in [1.82, 2.24) is 4.98 Å². The first-order chi connectivity index (χ1) is 15.8. The number of fused-ring (bicyclic) bond motifs is 3. The Morgan fingerprint density at radius 1 is 1.09 bits per heavy atom. The standard InChI is InChI=1S/C25H30N4O3/c30-25(18-3-6-23-17(14-18)7-11-32-23)29-16-19-2-1-8-26-24(19)27-21-5-4-20(15-22(21)29)28-9-12-31-13-10-28/h1-2,4-5,8,15,17-18,23H,3,6-7,9-14,16H2,(H,26,27)/t17-,18+,23+/m0/s1. The number of morpholine rings is 1. The summed E-state index contributed by atoms with van der Waals surface area (Å²) in [7, 11) is 0. The molecule has 1 amide bonds. The fourth-order valence-corrected chi connectivity index (χ4v) is 5.70. The summed E-state index contributed by atoms with van der Waals surface area (Å²) < 4.78 is 11.4. The van der Waals surface area contributed by atoms with E-state index in [1.54, 1.807) is 6.20 Å². The first kappa shape index (κ1) is 20.0. The zero-order valence-electron chi connectivity index (χ0n) is 18.3. The van der Waals surface area contributed by atoms with Crippen molar-refractivity contribution < 1.29 is 14.3 Å². The average molecular weight is 435 g/mol. The van der Waals surface area contributed by atoms with E-state index in [1.165, 1.54) is 0 Å². The molecule has 3 atom stereocenters. The minimum Gasteiger partial charge on any atom is -0.378 e. The fraction of sp³-hybridized carbons (Fsp3) is 0.520. The van der Waals surface area contributed by atoms with Crippen LogP contribution in [-0.2, 0) is 20.8 Å². The predicted octanol–water partition coefficient (Wildman–Crippen LogP) is 3.71. The van der Waals surface area contributed by atoms with Crippen LogP contribution in [0.3, 0.4) is 0 Å². The Morgan fingerprint density at radius 2 is 2.00 bits per heavy atom. The van der Waals surface area contributed by atoms with Gasteiger partial charge in [-0.05, 0) is 55.9 Å². The summed E-state index contributed by atoms with van der Waals surface area (Å²) >= 11 is 0. The number of nitrogens with zero attached hydrogens (tertiary/aromatic N) is 3. The highest BCUT2D eigenvalue weighted by Crippen LogP contribution is 2.42. The van der Waals surface area contributed by atoms with E-state index in [0.29, 0.717) is 18.6 Å². The molecule has 0 bridgehead atoms. The third kappa shape index (κ3) is 3.63. The molecule has 1 aromatic carbocycles. The molecule has 2 aromatic rings. The van der Waals surface area contributed by atoms with Gasteiger partial charge in [0.1, 0.15) is 5.82 Å². The number of rotatable bonds is 2. The van der Waals surface area contributed by atoms with Crippen LogP contribution in [0.2, 0.25) is 0 Å². The van der Waals surface area contributed by atoms with Crippen LogP contribution in [0.4, 0.5) is 22.9 Å². The second-order valence-electron chi connectivity index (χ2n) is 9.33. The lowest BCUT2D eigenvalue weighted by atomic mass is 9.78. The van der Waals surface area contributed by atoms with Crippen LogP contribution in [-0.4, -0.2) is 49.9 Å². The molecule has 7 nitrogen and oxygen atoms in total. The number of aromatic nitrogens is 1. The molecular formula is C25H30N4O3. The number of hydrogen-bond donors (Lipinski definition) is 1.